The average molecular weight is 306 g/mol. The topological polar surface area (TPSA) is 24.1 Å². The fraction of sp³-hybridized carbons (Fsp3) is 0.105. The van der Waals surface area contributed by atoms with Gasteiger partial charge in [0.2, 0.25) is 0 Å². The van der Waals surface area contributed by atoms with Crippen LogP contribution in [-0.2, 0) is 0 Å². The van der Waals surface area contributed by atoms with E-state index in [0.717, 1.165) is 5.69 Å². The predicted octanol–water partition coefficient (Wildman–Crippen LogP) is 4.89. The van der Waals surface area contributed by atoms with Crippen molar-refractivity contribution in [3.05, 3.63) is 78.4 Å². The van der Waals surface area contributed by atoms with E-state index in [4.69, 9.17) is 12.2 Å². The monoisotopic (exact) mass is 306 g/mol. The molecular weight excluding hydrogens is 288 g/mol. The number of nitrogens with one attached hydrogen (secondary N) is 2. The normalized spacial score (nSPS) is 11.9. The molecule has 3 aromatic rings. The van der Waals surface area contributed by atoms with Crippen molar-refractivity contribution in [2.75, 3.05) is 5.32 Å². The molecule has 0 aromatic heterocycles. The van der Waals surface area contributed by atoms with E-state index in [0.29, 0.717) is 5.11 Å². The highest BCUT2D eigenvalue weighted by atomic mass is 32.1. The Morgan fingerprint density at radius 3 is 2.36 bits per heavy atom. The highest BCUT2D eigenvalue weighted by Gasteiger charge is 2.07. The number of rotatable bonds is 3. The number of hydrogen-bond acceptors (Lipinski definition) is 1. The molecule has 3 aromatic carbocycles. The first-order valence-electron chi connectivity index (χ1n) is 7.34. The van der Waals surface area contributed by atoms with E-state index in [-0.39, 0.29) is 6.04 Å². The quantitative estimate of drug-likeness (QED) is 0.674. The van der Waals surface area contributed by atoms with Crippen LogP contribution in [0.5, 0.6) is 0 Å². The van der Waals surface area contributed by atoms with E-state index < -0.39 is 0 Å². The van der Waals surface area contributed by atoms with Gasteiger partial charge in [-0.05, 0) is 36.2 Å². The smallest absolute Gasteiger partial charge is 0.171 e. The van der Waals surface area contributed by atoms with E-state index in [9.17, 15) is 0 Å². The molecule has 3 heteroatoms. The third-order valence-electron chi connectivity index (χ3n) is 3.69. The molecule has 0 radical (unpaired) electrons. The average Bonchev–Trinajstić information content (AvgIpc) is 2.56. The Morgan fingerprint density at radius 1 is 0.864 bits per heavy atom. The van der Waals surface area contributed by atoms with Crippen LogP contribution >= 0.6 is 12.2 Å². The molecule has 0 fully saturated rings. The summed E-state index contributed by atoms with van der Waals surface area (Å²) in [7, 11) is 0. The van der Waals surface area contributed by atoms with Crippen molar-refractivity contribution < 1.29 is 0 Å². The van der Waals surface area contributed by atoms with Crippen molar-refractivity contribution in [2.45, 2.75) is 13.0 Å². The molecule has 0 unspecified atom stereocenters. The minimum absolute atomic E-state index is 0.163. The summed E-state index contributed by atoms with van der Waals surface area (Å²) < 4.78 is 0. The van der Waals surface area contributed by atoms with Gasteiger partial charge in [-0.15, -0.1) is 0 Å². The third-order valence-corrected chi connectivity index (χ3v) is 3.90. The summed E-state index contributed by atoms with van der Waals surface area (Å²) in [6, 6.07) is 24.9. The number of hydrogen-bond donors (Lipinski definition) is 2. The summed E-state index contributed by atoms with van der Waals surface area (Å²) in [6.07, 6.45) is 0. The first-order chi connectivity index (χ1) is 10.7. The lowest BCUT2D eigenvalue weighted by molar-refractivity contribution is 0.723. The van der Waals surface area contributed by atoms with E-state index in [2.05, 4.69) is 47.9 Å². The molecule has 110 valence electrons. The fourth-order valence-corrected chi connectivity index (χ4v) is 2.80. The molecule has 0 saturated heterocycles. The maximum atomic E-state index is 5.45. The second-order valence-electron chi connectivity index (χ2n) is 5.26. The van der Waals surface area contributed by atoms with Gasteiger partial charge in [-0.3, -0.25) is 0 Å². The molecule has 0 aliphatic heterocycles. The molecule has 2 N–H and O–H groups in total. The molecule has 3 rings (SSSR count). The SMILES string of the molecule is C[C@H](NC(=S)Nc1cccc2ccccc12)c1ccccc1. The second-order valence-corrected chi connectivity index (χ2v) is 5.67. The van der Waals surface area contributed by atoms with Gasteiger partial charge in [0.15, 0.2) is 5.11 Å². The largest absolute Gasteiger partial charge is 0.356 e. The maximum Gasteiger partial charge on any atom is 0.171 e. The zero-order valence-electron chi connectivity index (χ0n) is 12.4. The van der Waals surface area contributed by atoms with Crippen LogP contribution in [0.3, 0.4) is 0 Å². The van der Waals surface area contributed by atoms with Crippen molar-refractivity contribution in [3.63, 3.8) is 0 Å². The predicted molar refractivity (Wildman–Crippen MR) is 98.2 cm³/mol. The second kappa shape index (κ2) is 6.58. The fourth-order valence-electron chi connectivity index (χ4n) is 2.51. The van der Waals surface area contributed by atoms with Gasteiger partial charge in [-0.25, -0.2) is 0 Å². The summed E-state index contributed by atoms with van der Waals surface area (Å²) in [4.78, 5) is 0. The van der Waals surface area contributed by atoms with Crippen molar-refractivity contribution >= 4 is 33.8 Å². The van der Waals surface area contributed by atoms with Crippen LogP contribution in [0.4, 0.5) is 5.69 Å². The Bertz CT molecular complexity index is 778. The van der Waals surface area contributed by atoms with Crippen molar-refractivity contribution in [1.29, 1.82) is 0 Å². The number of anilines is 1. The van der Waals surface area contributed by atoms with Crippen LogP contribution in [0.25, 0.3) is 10.8 Å². The number of thiocarbonyl (C=S) groups is 1. The molecule has 0 aliphatic rings. The standard InChI is InChI=1S/C19H18N2S/c1-14(15-8-3-2-4-9-15)20-19(22)21-18-13-7-11-16-10-5-6-12-17(16)18/h2-14H,1H3,(H2,20,21,22)/t14-/m0/s1. The van der Waals surface area contributed by atoms with Crippen LogP contribution in [0.2, 0.25) is 0 Å². The lowest BCUT2D eigenvalue weighted by Crippen LogP contribution is -2.30. The van der Waals surface area contributed by atoms with E-state index in [1.165, 1.54) is 16.3 Å². The van der Waals surface area contributed by atoms with Crippen LogP contribution in [0.15, 0.2) is 72.8 Å². The molecule has 0 heterocycles. The lowest BCUT2D eigenvalue weighted by atomic mass is 10.1. The molecular formula is C19H18N2S. The molecule has 2 nitrogen and oxygen atoms in total. The van der Waals surface area contributed by atoms with Gasteiger partial charge >= 0.3 is 0 Å². The summed E-state index contributed by atoms with van der Waals surface area (Å²) in [5.74, 6) is 0. The first-order valence-corrected chi connectivity index (χ1v) is 7.75. The Balaban J connectivity index is 1.74. The minimum Gasteiger partial charge on any atom is -0.356 e. The first kappa shape index (κ1) is 14.5. The van der Waals surface area contributed by atoms with Crippen LogP contribution < -0.4 is 10.6 Å². The Morgan fingerprint density at radius 2 is 1.55 bits per heavy atom. The highest BCUT2D eigenvalue weighted by molar-refractivity contribution is 7.80. The molecule has 22 heavy (non-hydrogen) atoms. The Kier molecular flexibility index (Phi) is 4.35. The summed E-state index contributed by atoms with van der Waals surface area (Å²) in [6.45, 7) is 2.10. The van der Waals surface area contributed by atoms with Gasteiger partial charge in [0.1, 0.15) is 0 Å². The third kappa shape index (κ3) is 3.26. The molecule has 0 bridgehead atoms. The summed E-state index contributed by atoms with van der Waals surface area (Å²) >= 11 is 5.45. The Hall–Kier alpha value is -2.39. The minimum atomic E-state index is 0.163. The molecule has 0 saturated carbocycles. The van der Waals surface area contributed by atoms with Gasteiger partial charge < -0.3 is 10.6 Å². The number of benzene rings is 3. The molecule has 1 atom stereocenters. The molecule has 0 spiro atoms. The Labute approximate surface area is 136 Å². The molecule has 0 aliphatic carbocycles. The molecule has 0 amide bonds. The van der Waals surface area contributed by atoms with E-state index in [1.54, 1.807) is 0 Å². The van der Waals surface area contributed by atoms with Crippen LogP contribution in [-0.4, -0.2) is 5.11 Å². The van der Waals surface area contributed by atoms with Crippen molar-refractivity contribution in [2.24, 2.45) is 0 Å². The summed E-state index contributed by atoms with van der Waals surface area (Å²) in [5.41, 5.74) is 2.24. The zero-order chi connectivity index (χ0) is 15.4. The van der Waals surface area contributed by atoms with Gasteiger partial charge in [0, 0.05) is 11.1 Å². The van der Waals surface area contributed by atoms with Gasteiger partial charge in [-0.1, -0.05) is 66.7 Å². The number of fused-ring (bicyclic) bond motifs is 1. The van der Waals surface area contributed by atoms with Gasteiger partial charge in [0.05, 0.1) is 6.04 Å². The van der Waals surface area contributed by atoms with Crippen molar-refractivity contribution in [3.8, 4) is 0 Å². The van der Waals surface area contributed by atoms with Crippen molar-refractivity contribution in [1.82, 2.24) is 5.32 Å². The van der Waals surface area contributed by atoms with Crippen LogP contribution in [0, 0.1) is 0 Å². The maximum absolute atomic E-state index is 5.45. The highest BCUT2D eigenvalue weighted by Crippen LogP contribution is 2.23. The van der Waals surface area contributed by atoms with Gasteiger partial charge in [0.25, 0.3) is 0 Å². The zero-order valence-corrected chi connectivity index (χ0v) is 13.2. The van der Waals surface area contributed by atoms with E-state index >= 15 is 0 Å². The van der Waals surface area contributed by atoms with Crippen LogP contribution in [0.1, 0.15) is 18.5 Å². The van der Waals surface area contributed by atoms with E-state index in [1.807, 2.05) is 42.5 Å². The lowest BCUT2D eigenvalue weighted by Gasteiger charge is -2.18. The summed E-state index contributed by atoms with van der Waals surface area (Å²) in [5, 5.41) is 9.64. The van der Waals surface area contributed by atoms with Gasteiger partial charge in [-0.2, -0.15) is 0 Å².